The van der Waals surface area contributed by atoms with Crippen molar-refractivity contribution in [2.24, 2.45) is 4.99 Å². The smallest absolute Gasteiger partial charge is 0.274 e. The van der Waals surface area contributed by atoms with Gasteiger partial charge in [-0.15, -0.1) is 0 Å². The second kappa shape index (κ2) is 6.43. The van der Waals surface area contributed by atoms with Crippen LogP contribution in [0.25, 0.3) is 0 Å². The molecule has 2 aliphatic rings. The number of hydrogen-bond donors (Lipinski definition) is 0. The number of fused-ring (bicyclic) bond motifs is 1. The zero-order valence-electron chi connectivity index (χ0n) is 12.3. The van der Waals surface area contributed by atoms with Crippen molar-refractivity contribution in [3.8, 4) is 0 Å². The average molecular weight is 375 g/mol. The molecule has 9 heteroatoms. The van der Waals surface area contributed by atoms with Crippen LogP contribution in [0.1, 0.15) is 0 Å². The van der Waals surface area contributed by atoms with Crippen molar-refractivity contribution in [1.29, 1.82) is 0 Å². The van der Waals surface area contributed by atoms with Crippen LogP contribution in [0, 0.1) is 0 Å². The number of methoxy groups -OCH3 is 1. The molecule has 124 valence electrons. The topological polar surface area (TPSA) is 76.0 Å². The summed E-state index contributed by atoms with van der Waals surface area (Å²) in [6.45, 7) is -0.105. The third-order valence-electron chi connectivity index (χ3n) is 3.66. The van der Waals surface area contributed by atoms with Gasteiger partial charge in [0.15, 0.2) is 15.0 Å². The van der Waals surface area contributed by atoms with E-state index < -0.39 is 15.7 Å². The molecule has 0 aliphatic carbocycles. The molecule has 1 amide bonds. The molecule has 0 unspecified atom stereocenters. The van der Waals surface area contributed by atoms with Crippen LogP contribution in [0.3, 0.4) is 0 Å². The monoisotopic (exact) mass is 374 g/mol. The van der Waals surface area contributed by atoms with Crippen LogP contribution in [0.5, 0.6) is 0 Å². The van der Waals surface area contributed by atoms with Crippen LogP contribution in [0.4, 0.5) is 5.69 Å². The van der Waals surface area contributed by atoms with Crippen LogP contribution < -0.4 is 4.90 Å². The predicted molar refractivity (Wildman–Crippen MR) is 92.1 cm³/mol. The number of hydrogen-bond acceptors (Lipinski definition) is 5. The molecule has 2 heterocycles. The Morgan fingerprint density at radius 2 is 2.09 bits per heavy atom. The Morgan fingerprint density at radius 1 is 1.39 bits per heavy atom. The van der Waals surface area contributed by atoms with Crippen LogP contribution in [-0.2, 0) is 19.4 Å². The predicted octanol–water partition coefficient (Wildman–Crippen LogP) is 1.59. The number of carbonyl (C=O) groups is 1. The fourth-order valence-electron chi connectivity index (χ4n) is 2.73. The van der Waals surface area contributed by atoms with Gasteiger partial charge < -0.3 is 9.64 Å². The number of sulfone groups is 1. The Balaban J connectivity index is 1.97. The van der Waals surface area contributed by atoms with E-state index in [-0.39, 0.29) is 29.4 Å². The minimum absolute atomic E-state index is 0.0603. The highest BCUT2D eigenvalue weighted by Crippen LogP contribution is 2.41. The first-order chi connectivity index (χ1) is 10.9. The van der Waals surface area contributed by atoms with Crippen LogP contribution in [-0.4, -0.2) is 56.0 Å². The normalized spacial score (nSPS) is 27.4. The van der Waals surface area contributed by atoms with Gasteiger partial charge >= 0.3 is 0 Å². The number of halogens is 1. The lowest BCUT2D eigenvalue weighted by Crippen LogP contribution is -2.37. The van der Waals surface area contributed by atoms with Gasteiger partial charge in [-0.1, -0.05) is 23.4 Å². The number of amides is 1. The number of benzene rings is 1. The number of rotatable bonds is 3. The molecule has 2 atom stereocenters. The lowest BCUT2D eigenvalue weighted by Gasteiger charge is -2.24. The Morgan fingerprint density at radius 3 is 2.74 bits per heavy atom. The van der Waals surface area contributed by atoms with E-state index in [4.69, 9.17) is 16.3 Å². The minimum Gasteiger partial charge on any atom is -0.375 e. The molecule has 0 spiro atoms. The summed E-state index contributed by atoms with van der Waals surface area (Å²) in [5.74, 6) is -0.230. The summed E-state index contributed by atoms with van der Waals surface area (Å²) >= 11 is 7.25. The summed E-state index contributed by atoms with van der Waals surface area (Å²) < 4.78 is 28.6. The molecule has 2 fully saturated rings. The van der Waals surface area contributed by atoms with Crippen molar-refractivity contribution in [3.63, 3.8) is 0 Å². The van der Waals surface area contributed by atoms with E-state index in [1.54, 1.807) is 24.3 Å². The van der Waals surface area contributed by atoms with Gasteiger partial charge in [0.05, 0.1) is 17.5 Å². The third-order valence-corrected chi connectivity index (χ3v) is 7.12. The van der Waals surface area contributed by atoms with Crippen LogP contribution >= 0.6 is 23.4 Å². The molecule has 1 aromatic rings. The van der Waals surface area contributed by atoms with Gasteiger partial charge in [0, 0.05) is 23.1 Å². The van der Waals surface area contributed by atoms with E-state index in [1.165, 1.54) is 18.9 Å². The second-order valence-corrected chi connectivity index (χ2v) is 9.16. The van der Waals surface area contributed by atoms with E-state index >= 15 is 0 Å². The van der Waals surface area contributed by atoms with Crippen LogP contribution in [0.15, 0.2) is 29.3 Å². The van der Waals surface area contributed by atoms with Gasteiger partial charge in [0.2, 0.25) is 0 Å². The van der Waals surface area contributed by atoms with E-state index in [0.29, 0.717) is 10.2 Å². The largest absolute Gasteiger partial charge is 0.375 e. The first-order valence-corrected chi connectivity index (χ1v) is 10.00. The minimum atomic E-state index is -3.07. The Hall–Kier alpha value is -1.09. The number of nitrogens with zero attached hydrogens (tertiary/aromatic N) is 2. The molecule has 3 rings (SSSR count). The number of ether oxygens (including phenoxy) is 1. The molecule has 1 aromatic carbocycles. The standard InChI is InChI=1S/C14H15ClN2O4S2/c1-21-6-13(18)16-14-17(10-4-2-9(15)3-5-10)11-7-23(19,20)8-12(11)22-14/h2-5,11-12H,6-8H2,1H3/t11-,12-/m1/s1. The van der Waals surface area contributed by atoms with Crippen molar-refractivity contribution in [3.05, 3.63) is 29.3 Å². The zero-order valence-corrected chi connectivity index (χ0v) is 14.7. The number of thioether (sulfide) groups is 1. The van der Waals surface area contributed by atoms with Crippen molar-refractivity contribution in [2.75, 3.05) is 30.1 Å². The van der Waals surface area contributed by atoms with E-state index in [1.807, 2.05) is 4.90 Å². The average Bonchev–Trinajstić information content (AvgIpc) is 2.91. The van der Waals surface area contributed by atoms with Gasteiger partial charge in [-0.25, -0.2) is 8.42 Å². The van der Waals surface area contributed by atoms with Crippen molar-refractivity contribution in [1.82, 2.24) is 0 Å². The third kappa shape index (κ3) is 3.55. The molecule has 0 N–H and O–H groups in total. The van der Waals surface area contributed by atoms with Crippen molar-refractivity contribution in [2.45, 2.75) is 11.3 Å². The van der Waals surface area contributed by atoms with Gasteiger partial charge in [-0.3, -0.25) is 4.79 Å². The maximum atomic E-state index is 11.9. The molecule has 6 nitrogen and oxygen atoms in total. The highest BCUT2D eigenvalue weighted by molar-refractivity contribution is 8.16. The highest BCUT2D eigenvalue weighted by Gasteiger charge is 2.49. The fourth-order valence-corrected chi connectivity index (χ4v) is 6.79. The number of amidine groups is 1. The Labute approximate surface area is 143 Å². The van der Waals surface area contributed by atoms with E-state index in [0.717, 1.165) is 5.69 Å². The first-order valence-electron chi connectivity index (χ1n) is 6.92. The lowest BCUT2D eigenvalue weighted by molar-refractivity contribution is -0.121. The van der Waals surface area contributed by atoms with E-state index in [2.05, 4.69) is 4.99 Å². The molecule has 23 heavy (non-hydrogen) atoms. The Kier molecular flexibility index (Phi) is 4.68. The summed E-state index contributed by atoms with van der Waals surface area (Å²) in [4.78, 5) is 17.7. The van der Waals surface area contributed by atoms with Crippen LogP contribution in [0.2, 0.25) is 5.02 Å². The lowest BCUT2D eigenvalue weighted by atomic mass is 10.2. The fraction of sp³-hybridized carbons (Fsp3) is 0.429. The second-order valence-electron chi connectivity index (χ2n) is 5.37. The SMILES string of the molecule is COCC(=O)N=C1S[C@@H]2CS(=O)(=O)C[C@H]2N1c1ccc(Cl)cc1. The maximum absolute atomic E-state index is 11.9. The van der Waals surface area contributed by atoms with Crippen molar-refractivity contribution >= 4 is 50.0 Å². The summed E-state index contributed by atoms with van der Waals surface area (Å²) in [5.41, 5.74) is 0.774. The van der Waals surface area contributed by atoms with Gasteiger partial charge in [-0.05, 0) is 24.3 Å². The molecule has 2 aliphatic heterocycles. The molecule has 0 radical (unpaired) electrons. The summed E-state index contributed by atoms with van der Waals surface area (Å²) in [7, 11) is -1.64. The number of carbonyl (C=O) groups excluding carboxylic acids is 1. The van der Waals surface area contributed by atoms with Gasteiger partial charge in [-0.2, -0.15) is 4.99 Å². The summed E-state index contributed by atoms with van der Waals surface area (Å²) in [6, 6.07) is 6.83. The van der Waals surface area contributed by atoms with Gasteiger partial charge in [0.1, 0.15) is 6.61 Å². The van der Waals surface area contributed by atoms with Gasteiger partial charge in [0.25, 0.3) is 5.91 Å². The zero-order chi connectivity index (χ0) is 16.6. The molecule has 0 saturated carbocycles. The summed E-state index contributed by atoms with van der Waals surface area (Å²) in [6.07, 6.45) is 0. The molecular weight excluding hydrogens is 360 g/mol. The van der Waals surface area contributed by atoms with E-state index in [9.17, 15) is 13.2 Å². The first kappa shape index (κ1) is 16.8. The highest BCUT2D eigenvalue weighted by atomic mass is 35.5. The quantitative estimate of drug-likeness (QED) is 0.799. The number of aliphatic imine (C=N–C) groups is 1. The maximum Gasteiger partial charge on any atom is 0.274 e. The van der Waals surface area contributed by atoms with Crippen molar-refractivity contribution < 1.29 is 17.9 Å². The molecular formula is C14H15ClN2O4S2. The molecule has 0 bridgehead atoms. The molecule has 2 saturated heterocycles. The Bertz CT molecular complexity index is 749. The molecule has 0 aromatic heterocycles. The summed E-state index contributed by atoms with van der Waals surface area (Å²) in [5, 5.41) is 0.981. The number of anilines is 1.